The van der Waals surface area contributed by atoms with Crippen LogP contribution in [0.3, 0.4) is 0 Å². The van der Waals surface area contributed by atoms with Gasteiger partial charge in [-0.15, -0.1) is 0 Å². The molecule has 1 saturated heterocycles. The third kappa shape index (κ3) is 5.30. The Balaban J connectivity index is 1.49. The number of aromatic nitrogens is 4. The van der Waals surface area contributed by atoms with Gasteiger partial charge in [0.2, 0.25) is 0 Å². The Morgan fingerprint density at radius 1 is 1.15 bits per heavy atom. The molecule has 40 heavy (non-hydrogen) atoms. The Morgan fingerprint density at radius 3 is 2.52 bits per heavy atom. The molecule has 3 heterocycles. The molecule has 4 N–H and O–H groups in total. The van der Waals surface area contributed by atoms with Crippen LogP contribution in [-0.4, -0.2) is 48.0 Å². The van der Waals surface area contributed by atoms with Crippen LogP contribution in [0.15, 0.2) is 77.4 Å². The number of imidazole rings is 1. The van der Waals surface area contributed by atoms with Gasteiger partial charge in [0, 0.05) is 18.6 Å². The molecule has 11 heteroatoms. The van der Waals surface area contributed by atoms with Gasteiger partial charge in [-0.1, -0.05) is 18.2 Å². The number of carbonyl (C=O) groups is 1. The summed E-state index contributed by atoms with van der Waals surface area (Å²) >= 11 is 0. The number of rotatable bonds is 7. The quantitative estimate of drug-likeness (QED) is 0.268. The van der Waals surface area contributed by atoms with Gasteiger partial charge >= 0.3 is 5.69 Å². The molecule has 2 aromatic carbocycles. The number of anilines is 1. The minimum Gasteiger partial charge on any atom is -0.457 e. The van der Waals surface area contributed by atoms with Crippen LogP contribution >= 0.6 is 0 Å². The van der Waals surface area contributed by atoms with E-state index < -0.39 is 11.4 Å². The zero-order chi connectivity index (χ0) is 28.4. The van der Waals surface area contributed by atoms with E-state index in [2.05, 4.69) is 9.97 Å². The van der Waals surface area contributed by atoms with E-state index in [9.17, 15) is 14.9 Å². The fraction of sp³-hybridized carbons (Fsp3) is 0.276. The summed E-state index contributed by atoms with van der Waals surface area (Å²) in [5.41, 5.74) is 12.4. The van der Waals surface area contributed by atoms with E-state index in [0.29, 0.717) is 41.3 Å². The van der Waals surface area contributed by atoms with Crippen molar-refractivity contribution >= 4 is 22.9 Å². The van der Waals surface area contributed by atoms with Crippen molar-refractivity contribution in [3.05, 3.63) is 83.1 Å². The smallest absolute Gasteiger partial charge is 0.335 e. The summed E-state index contributed by atoms with van der Waals surface area (Å²) in [4.78, 5) is 37.2. The molecule has 11 nitrogen and oxygen atoms in total. The topological polar surface area (TPSA) is 158 Å². The van der Waals surface area contributed by atoms with Gasteiger partial charge in [0.1, 0.15) is 35.0 Å². The molecule has 1 amide bonds. The van der Waals surface area contributed by atoms with Crippen LogP contribution in [0.5, 0.6) is 11.5 Å². The molecule has 4 aromatic rings. The standard InChI is InChI=1S/C29H30N8O3/c1-29(2,32)15-19(16-30)27(38)35-14-6-7-21(35)17-36-26-24(25(31)33-18-34-26)37(28(36)39)20-10-12-23(13-11-20)40-22-8-4-3-5-9-22/h3-5,8-13,15,18,21H,6-7,14,17,32H2,1-2H3,(H2,31,33,34)/b19-15-/t21-/m0/s1. The van der Waals surface area contributed by atoms with E-state index in [4.69, 9.17) is 16.2 Å². The maximum Gasteiger partial charge on any atom is 0.335 e. The van der Waals surface area contributed by atoms with Gasteiger partial charge in [-0.2, -0.15) is 5.26 Å². The summed E-state index contributed by atoms with van der Waals surface area (Å²) < 4.78 is 8.87. The second kappa shape index (κ2) is 10.7. The summed E-state index contributed by atoms with van der Waals surface area (Å²) in [5.74, 6) is 1.06. The van der Waals surface area contributed by atoms with Gasteiger partial charge in [-0.25, -0.2) is 14.8 Å². The highest BCUT2D eigenvalue weighted by molar-refractivity contribution is 5.97. The van der Waals surface area contributed by atoms with Crippen LogP contribution < -0.4 is 21.9 Å². The number of nitrogens with zero attached hydrogens (tertiary/aromatic N) is 6. The van der Waals surface area contributed by atoms with Crippen LogP contribution in [0.2, 0.25) is 0 Å². The number of amides is 1. The molecular formula is C29H30N8O3. The summed E-state index contributed by atoms with van der Waals surface area (Å²) in [5, 5.41) is 9.62. The Labute approximate surface area is 230 Å². The lowest BCUT2D eigenvalue weighted by Gasteiger charge is -2.25. The number of likely N-dealkylation sites (tertiary alicyclic amines) is 1. The van der Waals surface area contributed by atoms with E-state index in [1.54, 1.807) is 43.0 Å². The fourth-order valence-electron chi connectivity index (χ4n) is 4.97. The maximum absolute atomic E-state index is 13.8. The highest BCUT2D eigenvalue weighted by atomic mass is 16.5. The van der Waals surface area contributed by atoms with Crippen molar-refractivity contribution in [2.24, 2.45) is 5.73 Å². The maximum atomic E-state index is 13.8. The Bertz CT molecular complexity index is 1680. The SMILES string of the molecule is CC(C)(N)/C=C(/C#N)C(=O)N1CCC[C@H]1Cn1c(=O)n(-c2ccc(Oc3ccccc3)cc2)c2c(N)ncnc21. The molecule has 5 rings (SSSR count). The molecule has 0 saturated carbocycles. The molecule has 0 spiro atoms. The number of nitrogen functional groups attached to an aromatic ring is 1. The lowest BCUT2D eigenvalue weighted by Crippen LogP contribution is -2.41. The number of hydrogen-bond donors (Lipinski definition) is 2. The molecule has 204 valence electrons. The Kier molecular flexibility index (Phi) is 7.11. The Hall–Kier alpha value is -4.95. The lowest BCUT2D eigenvalue weighted by molar-refractivity contribution is -0.127. The molecule has 0 unspecified atom stereocenters. The van der Waals surface area contributed by atoms with Gasteiger partial charge < -0.3 is 21.1 Å². The van der Waals surface area contributed by atoms with Crippen molar-refractivity contribution in [1.82, 2.24) is 24.0 Å². The fourth-order valence-corrected chi connectivity index (χ4v) is 4.97. The number of benzene rings is 2. The van der Waals surface area contributed by atoms with Crippen molar-refractivity contribution in [2.75, 3.05) is 12.3 Å². The molecule has 1 fully saturated rings. The first kappa shape index (κ1) is 26.6. The predicted molar refractivity (Wildman–Crippen MR) is 151 cm³/mol. The minimum absolute atomic E-state index is 0.0152. The summed E-state index contributed by atoms with van der Waals surface area (Å²) in [6.45, 7) is 4.10. The van der Waals surface area contributed by atoms with Crippen molar-refractivity contribution < 1.29 is 9.53 Å². The zero-order valence-electron chi connectivity index (χ0n) is 22.3. The predicted octanol–water partition coefficient (Wildman–Crippen LogP) is 3.13. The van der Waals surface area contributed by atoms with Gasteiger partial charge in [0.05, 0.1) is 11.7 Å². The first-order chi connectivity index (χ1) is 19.2. The van der Waals surface area contributed by atoms with Crippen LogP contribution in [0, 0.1) is 11.3 Å². The highest BCUT2D eigenvalue weighted by Crippen LogP contribution is 2.27. The third-order valence-electron chi connectivity index (χ3n) is 6.71. The van der Waals surface area contributed by atoms with Gasteiger partial charge in [0.15, 0.2) is 11.5 Å². The molecule has 2 aromatic heterocycles. The second-order valence-electron chi connectivity index (χ2n) is 10.4. The lowest BCUT2D eigenvalue weighted by atomic mass is 10.0. The molecule has 0 radical (unpaired) electrons. The average molecular weight is 539 g/mol. The normalized spacial score (nSPS) is 15.8. The van der Waals surface area contributed by atoms with E-state index in [1.807, 2.05) is 36.4 Å². The van der Waals surface area contributed by atoms with Gasteiger partial charge in [-0.05, 0) is 69.2 Å². The molecule has 1 aliphatic rings. The molecule has 0 bridgehead atoms. The number of para-hydroxylation sites is 1. The van der Waals surface area contributed by atoms with Gasteiger partial charge in [0.25, 0.3) is 5.91 Å². The van der Waals surface area contributed by atoms with E-state index in [1.165, 1.54) is 21.5 Å². The molecule has 1 aliphatic heterocycles. The highest BCUT2D eigenvalue weighted by Gasteiger charge is 2.33. The Morgan fingerprint density at radius 2 is 1.85 bits per heavy atom. The van der Waals surface area contributed by atoms with E-state index in [-0.39, 0.29) is 29.7 Å². The average Bonchev–Trinajstić information content (AvgIpc) is 3.51. The van der Waals surface area contributed by atoms with E-state index >= 15 is 0 Å². The van der Waals surface area contributed by atoms with Gasteiger partial charge in [-0.3, -0.25) is 13.9 Å². The number of nitrogens with two attached hydrogens (primary N) is 2. The number of ether oxygens (including phenoxy) is 1. The van der Waals surface area contributed by atoms with Crippen LogP contribution in [0.25, 0.3) is 16.9 Å². The monoisotopic (exact) mass is 538 g/mol. The minimum atomic E-state index is -0.823. The molecule has 0 aliphatic carbocycles. The van der Waals surface area contributed by atoms with Crippen molar-refractivity contribution in [1.29, 1.82) is 5.26 Å². The zero-order valence-corrected chi connectivity index (χ0v) is 22.3. The summed E-state index contributed by atoms with van der Waals surface area (Å²) in [6.07, 6.45) is 4.20. The first-order valence-electron chi connectivity index (χ1n) is 12.9. The number of hydrogen-bond acceptors (Lipinski definition) is 8. The summed E-state index contributed by atoms with van der Waals surface area (Å²) in [6, 6.07) is 18.1. The van der Waals surface area contributed by atoms with Crippen LogP contribution in [0.1, 0.15) is 26.7 Å². The van der Waals surface area contributed by atoms with Crippen molar-refractivity contribution in [2.45, 2.75) is 44.8 Å². The first-order valence-corrected chi connectivity index (χ1v) is 12.9. The third-order valence-corrected chi connectivity index (χ3v) is 6.71. The molecule has 1 atom stereocenters. The number of nitriles is 1. The summed E-state index contributed by atoms with van der Waals surface area (Å²) in [7, 11) is 0. The second-order valence-corrected chi connectivity index (χ2v) is 10.4. The number of fused-ring (bicyclic) bond motifs is 1. The van der Waals surface area contributed by atoms with Crippen LogP contribution in [0.4, 0.5) is 5.82 Å². The van der Waals surface area contributed by atoms with Crippen LogP contribution in [-0.2, 0) is 11.3 Å². The number of carbonyl (C=O) groups excluding carboxylic acids is 1. The van der Waals surface area contributed by atoms with Crippen molar-refractivity contribution in [3.63, 3.8) is 0 Å². The van der Waals surface area contributed by atoms with Crippen molar-refractivity contribution in [3.8, 4) is 23.3 Å². The molecular weight excluding hydrogens is 508 g/mol. The largest absolute Gasteiger partial charge is 0.457 e. The van der Waals surface area contributed by atoms with E-state index in [0.717, 1.165) is 6.42 Å².